The predicted octanol–water partition coefficient (Wildman–Crippen LogP) is 2.62. The summed E-state index contributed by atoms with van der Waals surface area (Å²) in [6.07, 6.45) is 3.80. The van der Waals surface area contributed by atoms with Crippen LogP contribution in [0.3, 0.4) is 0 Å². The quantitative estimate of drug-likeness (QED) is 0.789. The van der Waals surface area contributed by atoms with Crippen molar-refractivity contribution in [2.45, 2.75) is 6.92 Å². The van der Waals surface area contributed by atoms with Crippen molar-refractivity contribution >= 4 is 17.2 Å². The lowest BCUT2D eigenvalue weighted by Gasteiger charge is -2.07. The molecule has 0 spiro atoms. The number of carbonyl (C=O) groups excluding carboxylic acids is 1. The summed E-state index contributed by atoms with van der Waals surface area (Å²) in [6, 6.07) is 8.81. The number of aromatic nitrogens is 2. The van der Waals surface area contributed by atoms with Crippen molar-refractivity contribution in [1.82, 2.24) is 9.38 Å². The van der Waals surface area contributed by atoms with Gasteiger partial charge >= 0.3 is 0 Å². The van der Waals surface area contributed by atoms with Gasteiger partial charge in [0.25, 0.3) is 5.91 Å². The largest absolute Gasteiger partial charge is 0.454 e. The number of carbonyl (C=O) groups is 1. The number of nitrogens with zero attached hydrogens (tertiary/aromatic N) is 2. The van der Waals surface area contributed by atoms with Crippen LogP contribution in [0.5, 0.6) is 11.5 Å². The number of ether oxygens (including phenoxy) is 2. The van der Waals surface area contributed by atoms with E-state index in [1.165, 1.54) is 0 Å². The molecule has 1 aromatic carbocycles. The minimum atomic E-state index is -0.216. The van der Waals surface area contributed by atoms with Gasteiger partial charge in [-0.2, -0.15) is 0 Å². The summed E-state index contributed by atoms with van der Waals surface area (Å²) in [5.41, 5.74) is 2.78. The highest BCUT2D eigenvalue weighted by Crippen LogP contribution is 2.32. The van der Waals surface area contributed by atoms with Gasteiger partial charge in [-0.15, -0.1) is 0 Å². The second kappa shape index (κ2) is 4.77. The number of hydrogen-bond acceptors (Lipinski definition) is 4. The van der Waals surface area contributed by atoms with Crippen molar-refractivity contribution in [3.8, 4) is 11.5 Å². The Morgan fingerprint density at radius 2 is 2.14 bits per heavy atom. The second-order valence-electron chi connectivity index (χ2n) is 5.06. The maximum absolute atomic E-state index is 12.4. The third kappa shape index (κ3) is 2.05. The molecule has 22 heavy (non-hydrogen) atoms. The third-order valence-corrected chi connectivity index (χ3v) is 3.49. The Bertz CT molecular complexity index is 885. The van der Waals surface area contributed by atoms with E-state index in [4.69, 9.17) is 9.47 Å². The monoisotopic (exact) mass is 295 g/mol. The first-order valence-corrected chi connectivity index (χ1v) is 6.86. The molecular formula is C16H13N3O3. The minimum absolute atomic E-state index is 0.188. The van der Waals surface area contributed by atoms with E-state index in [9.17, 15) is 4.79 Å². The lowest BCUT2D eigenvalue weighted by atomic mass is 10.2. The van der Waals surface area contributed by atoms with Gasteiger partial charge in [-0.25, -0.2) is 4.98 Å². The lowest BCUT2D eigenvalue weighted by molar-refractivity contribution is 0.102. The highest BCUT2D eigenvalue weighted by Gasteiger charge is 2.17. The van der Waals surface area contributed by atoms with Gasteiger partial charge in [0.05, 0.1) is 11.4 Å². The van der Waals surface area contributed by atoms with E-state index in [-0.39, 0.29) is 12.7 Å². The fourth-order valence-corrected chi connectivity index (χ4v) is 2.47. The Labute approximate surface area is 126 Å². The summed E-state index contributed by atoms with van der Waals surface area (Å²) in [4.78, 5) is 16.8. The topological polar surface area (TPSA) is 64.9 Å². The van der Waals surface area contributed by atoms with Crippen LogP contribution in [0.1, 0.15) is 16.1 Å². The molecule has 6 heteroatoms. The molecular weight excluding hydrogens is 282 g/mol. The van der Waals surface area contributed by atoms with E-state index in [2.05, 4.69) is 10.3 Å². The van der Waals surface area contributed by atoms with Gasteiger partial charge in [0.15, 0.2) is 17.1 Å². The highest BCUT2D eigenvalue weighted by atomic mass is 16.7. The zero-order valence-electron chi connectivity index (χ0n) is 11.9. The maximum Gasteiger partial charge on any atom is 0.255 e. The molecule has 0 aliphatic carbocycles. The highest BCUT2D eigenvalue weighted by molar-refractivity contribution is 6.06. The molecule has 4 rings (SSSR count). The number of fused-ring (bicyclic) bond motifs is 2. The van der Waals surface area contributed by atoms with Gasteiger partial charge in [0.2, 0.25) is 6.79 Å². The summed E-state index contributed by atoms with van der Waals surface area (Å²) in [7, 11) is 0. The van der Waals surface area contributed by atoms with Crippen molar-refractivity contribution in [1.29, 1.82) is 0 Å². The van der Waals surface area contributed by atoms with Crippen molar-refractivity contribution < 1.29 is 14.3 Å². The molecule has 1 N–H and O–H groups in total. The molecule has 0 fully saturated rings. The molecule has 0 unspecified atom stereocenters. The Morgan fingerprint density at radius 3 is 3.05 bits per heavy atom. The lowest BCUT2D eigenvalue weighted by Crippen LogP contribution is -2.12. The standard InChI is InChI=1S/C16H13N3O3/c1-10-8-19-6-2-3-12(15(19)17-10)18-16(20)11-4-5-13-14(7-11)22-9-21-13/h2-8H,9H2,1H3,(H,18,20). The van der Waals surface area contributed by atoms with Crippen LogP contribution in [-0.4, -0.2) is 22.1 Å². The van der Waals surface area contributed by atoms with Crippen molar-refractivity contribution in [3.63, 3.8) is 0 Å². The number of nitrogens with one attached hydrogen (secondary N) is 1. The van der Waals surface area contributed by atoms with Gasteiger partial charge in [-0.3, -0.25) is 4.79 Å². The summed E-state index contributed by atoms with van der Waals surface area (Å²) >= 11 is 0. The molecule has 1 aliphatic heterocycles. The molecule has 1 aliphatic rings. The number of rotatable bonds is 2. The van der Waals surface area contributed by atoms with E-state index in [1.54, 1.807) is 18.2 Å². The van der Waals surface area contributed by atoms with Crippen LogP contribution >= 0.6 is 0 Å². The Morgan fingerprint density at radius 1 is 1.27 bits per heavy atom. The Hall–Kier alpha value is -3.02. The van der Waals surface area contributed by atoms with Crippen molar-refractivity contribution in [2.75, 3.05) is 12.1 Å². The fraction of sp³-hybridized carbons (Fsp3) is 0.125. The van der Waals surface area contributed by atoms with Crippen molar-refractivity contribution in [3.05, 3.63) is 54.0 Å². The van der Waals surface area contributed by atoms with Crippen molar-refractivity contribution in [2.24, 2.45) is 0 Å². The first-order valence-electron chi connectivity index (χ1n) is 6.86. The molecule has 6 nitrogen and oxygen atoms in total. The molecule has 0 radical (unpaired) electrons. The number of pyridine rings is 1. The Balaban J connectivity index is 1.66. The zero-order chi connectivity index (χ0) is 15.1. The van der Waals surface area contributed by atoms with E-state index < -0.39 is 0 Å². The van der Waals surface area contributed by atoms with Gasteiger partial charge < -0.3 is 19.2 Å². The van der Waals surface area contributed by atoms with Crippen LogP contribution < -0.4 is 14.8 Å². The van der Waals surface area contributed by atoms with Crippen LogP contribution in [0, 0.1) is 6.92 Å². The van der Waals surface area contributed by atoms with Gasteiger partial charge in [0, 0.05) is 18.0 Å². The molecule has 2 aromatic heterocycles. The van der Waals surface area contributed by atoms with Gasteiger partial charge in [0.1, 0.15) is 0 Å². The fourth-order valence-electron chi connectivity index (χ4n) is 2.47. The van der Waals surface area contributed by atoms with E-state index in [0.29, 0.717) is 28.4 Å². The number of amides is 1. The van der Waals surface area contributed by atoms with E-state index in [1.807, 2.05) is 35.9 Å². The van der Waals surface area contributed by atoms with Crippen LogP contribution in [-0.2, 0) is 0 Å². The maximum atomic E-state index is 12.4. The van der Waals surface area contributed by atoms with Crippen LogP contribution in [0.4, 0.5) is 5.69 Å². The molecule has 1 amide bonds. The SMILES string of the molecule is Cc1cn2cccc(NC(=O)c3ccc4c(c3)OCO4)c2n1. The first kappa shape index (κ1) is 12.7. The second-order valence-corrected chi connectivity index (χ2v) is 5.06. The molecule has 0 atom stereocenters. The molecule has 3 aromatic rings. The number of benzene rings is 1. The summed E-state index contributed by atoms with van der Waals surface area (Å²) < 4.78 is 12.4. The summed E-state index contributed by atoms with van der Waals surface area (Å²) in [5, 5.41) is 2.89. The van der Waals surface area contributed by atoms with Gasteiger partial charge in [-0.1, -0.05) is 0 Å². The smallest absolute Gasteiger partial charge is 0.255 e. The molecule has 0 saturated carbocycles. The van der Waals surface area contributed by atoms with Crippen LogP contribution in [0.15, 0.2) is 42.7 Å². The number of imidazole rings is 1. The molecule has 110 valence electrons. The average Bonchev–Trinajstić information content (AvgIpc) is 3.12. The zero-order valence-corrected chi connectivity index (χ0v) is 11.9. The van der Waals surface area contributed by atoms with Crippen LogP contribution in [0.25, 0.3) is 5.65 Å². The predicted molar refractivity (Wildman–Crippen MR) is 80.4 cm³/mol. The summed E-state index contributed by atoms with van der Waals surface area (Å²) in [5.74, 6) is 1.03. The van der Waals surface area contributed by atoms with E-state index >= 15 is 0 Å². The normalized spacial score (nSPS) is 12.6. The minimum Gasteiger partial charge on any atom is -0.454 e. The van der Waals surface area contributed by atoms with E-state index in [0.717, 1.165) is 5.69 Å². The average molecular weight is 295 g/mol. The van der Waals surface area contributed by atoms with Crippen LogP contribution in [0.2, 0.25) is 0 Å². The number of aryl methyl sites for hydroxylation is 1. The molecule has 0 saturated heterocycles. The third-order valence-electron chi connectivity index (χ3n) is 3.49. The summed E-state index contributed by atoms with van der Waals surface area (Å²) in [6.45, 7) is 2.10. The number of anilines is 1. The molecule has 3 heterocycles. The van der Waals surface area contributed by atoms with Gasteiger partial charge in [-0.05, 0) is 37.3 Å². The molecule has 0 bridgehead atoms. The first-order chi connectivity index (χ1) is 10.7. The number of hydrogen-bond donors (Lipinski definition) is 1. The Kier molecular flexibility index (Phi) is 2.75.